The minimum absolute atomic E-state index is 0.00803. The van der Waals surface area contributed by atoms with Crippen LogP contribution in [0.2, 0.25) is 0 Å². The summed E-state index contributed by atoms with van der Waals surface area (Å²) in [5.74, 6) is -0.443. The van der Waals surface area contributed by atoms with E-state index in [1.807, 2.05) is 6.92 Å². The van der Waals surface area contributed by atoms with Crippen LogP contribution >= 0.6 is 11.6 Å². The van der Waals surface area contributed by atoms with Crippen LogP contribution in [-0.2, 0) is 6.42 Å². The van der Waals surface area contributed by atoms with Gasteiger partial charge >= 0.3 is 0 Å². The molecule has 2 atom stereocenters. The van der Waals surface area contributed by atoms with Gasteiger partial charge < -0.3 is 0 Å². The molecule has 0 amide bonds. The fourth-order valence-electron chi connectivity index (χ4n) is 1.93. The first kappa shape index (κ1) is 13.4. The lowest BCUT2D eigenvalue weighted by Gasteiger charge is -2.23. The maximum atomic E-state index is 13.0. The first-order valence-electron chi connectivity index (χ1n) is 5.49. The predicted molar refractivity (Wildman–Crippen MR) is 63.7 cm³/mol. The Balaban J connectivity index is 2.85. The molecule has 0 N–H and O–H groups in total. The van der Waals surface area contributed by atoms with Crippen LogP contribution in [0.3, 0.4) is 0 Å². The summed E-state index contributed by atoms with van der Waals surface area (Å²) < 4.78 is 26.0. The summed E-state index contributed by atoms with van der Waals surface area (Å²) in [5.41, 5.74) is 0.670. The smallest absolute Gasteiger partial charge is 0.126 e. The molecule has 0 aliphatic carbocycles. The van der Waals surface area contributed by atoms with Crippen molar-refractivity contribution in [2.24, 2.45) is 11.8 Å². The molecule has 0 heterocycles. The highest BCUT2D eigenvalue weighted by Gasteiger charge is 2.19. The Labute approximate surface area is 101 Å². The third-order valence-corrected chi connectivity index (χ3v) is 3.16. The zero-order valence-corrected chi connectivity index (χ0v) is 10.6. The summed E-state index contributed by atoms with van der Waals surface area (Å²) in [6.45, 7) is 6.06. The first-order valence-corrected chi connectivity index (χ1v) is 5.93. The van der Waals surface area contributed by atoms with Crippen LogP contribution in [-0.4, -0.2) is 5.38 Å². The van der Waals surface area contributed by atoms with E-state index in [0.717, 1.165) is 6.07 Å². The van der Waals surface area contributed by atoms with Gasteiger partial charge in [0.1, 0.15) is 11.6 Å². The molecular weight excluding hydrogens is 230 g/mol. The highest BCUT2D eigenvalue weighted by atomic mass is 35.5. The SMILES string of the molecule is CC(C)C(Cc1cc(F)cc(F)c1)C(C)Cl. The molecule has 2 unspecified atom stereocenters. The van der Waals surface area contributed by atoms with Gasteiger partial charge in [-0.15, -0.1) is 11.6 Å². The fraction of sp³-hybridized carbons (Fsp3) is 0.538. The van der Waals surface area contributed by atoms with E-state index in [9.17, 15) is 8.78 Å². The summed E-state index contributed by atoms with van der Waals surface area (Å²) in [5, 5.41) is -0.00803. The van der Waals surface area contributed by atoms with E-state index < -0.39 is 11.6 Å². The van der Waals surface area contributed by atoms with Crippen LogP contribution in [0.1, 0.15) is 26.3 Å². The molecule has 0 saturated heterocycles. The molecule has 1 aromatic rings. The number of rotatable bonds is 4. The standard InChI is InChI=1S/C13H17ClF2/c1-8(2)13(9(3)14)6-10-4-11(15)7-12(16)5-10/h4-5,7-9,13H,6H2,1-3H3. The molecule has 16 heavy (non-hydrogen) atoms. The van der Waals surface area contributed by atoms with Gasteiger partial charge in [-0.25, -0.2) is 8.78 Å². The van der Waals surface area contributed by atoms with Crippen molar-refractivity contribution in [3.63, 3.8) is 0 Å². The Morgan fingerprint density at radius 3 is 1.94 bits per heavy atom. The molecular formula is C13H17ClF2. The molecule has 0 fully saturated rings. The van der Waals surface area contributed by atoms with Crippen molar-refractivity contribution >= 4 is 11.6 Å². The zero-order chi connectivity index (χ0) is 12.3. The van der Waals surface area contributed by atoms with Crippen molar-refractivity contribution < 1.29 is 8.78 Å². The predicted octanol–water partition coefficient (Wildman–Crippen LogP) is 4.41. The largest absolute Gasteiger partial charge is 0.207 e. The molecule has 0 spiro atoms. The van der Waals surface area contributed by atoms with Gasteiger partial charge in [0.2, 0.25) is 0 Å². The van der Waals surface area contributed by atoms with Crippen molar-refractivity contribution in [3.8, 4) is 0 Å². The lowest BCUT2D eigenvalue weighted by Crippen LogP contribution is -2.20. The highest BCUT2D eigenvalue weighted by molar-refractivity contribution is 6.20. The van der Waals surface area contributed by atoms with E-state index in [-0.39, 0.29) is 11.3 Å². The van der Waals surface area contributed by atoms with Crippen LogP contribution in [0.25, 0.3) is 0 Å². The van der Waals surface area contributed by atoms with Gasteiger partial charge in [-0.1, -0.05) is 13.8 Å². The third-order valence-electron chi connectivity index (χ3n) is 2.84. The monoisotopic (exact) mass is 246 g/mol. The van der Waals surface area contributed by atoms with Gasteiger partial charge in [0.15, 0.2) is 0 Å². The fourth-order valence-corrected chi connectivity index (χ4v) is 2.31. The lowest BCUT2D eigenvalue weighted by atomic mass is 9.87. The topological polar surface area (TPSA) is 0 Å². The van der Waals surface area contributed by atoms with Crippen molar-refractivity contribution in [1.29, 1.82) is 0 Å². The Kier molecular flexibility index (Phi) is 4.72. The zero-order valence-electron chi connectivity index (χ0n) is 9.81. The van der Waals surface area contributed by atoms with E-state index in [1.54, 1.807) is 0 Å². The molecule has 3 heteroatoms. The minimum atomic E-state index is -0.528. The van der Waals surface area contributed by atoms with Crippen molar-refractivity contribution in [1.82, 2.24) is 0 Å². The highest BCUT2D eigenvalue weighted by Crippen LogP contribution is 2.25. The average molecular weight is 247 g/mol. The second kappa shape index (κ2) is 5.62. The van der Waals surface area contributed by atoms with E-state index in [2.05, 4.69) is 13.8 Å². The van der Waals surface area contributed by atoms with E-state index in [0.29, 0.717) is 17.9 Å². The molecule has 0 saturated carbocycles. The quantitative estimate of drug-likeness (QED) is 0.691. The van der Waals surface area contributed by atoms with Gasteiger partial charge in [-0.2, -0.15) is 0 Å². The summed E-state index contributed by atoms with van der Waals surface area (Å²) in [4.78, 5) is 0. The molecule has 0 aromatic heterocycles. The van der Waals surface area contributed by atoms with Gasteiger partial charge in [0.05, 0.1) is 0 Å². The van der Waals surface area contributed by atoms with E-state index >= 15 is 0 Å². The Morgan fingerprint density at radius 2 is 1.56 bits per heavy atom. The van der Waals surface area contributed by atoms with Crippen molar-refractivity contribution in [2.75, 3.05) is 0 Å². The second-order valence-corrected chi connectivity index (χ2v) is 5.26. The Morgan fingerprint density at radius 1 is 1.06 bits per heavy atom. The number of benzene rings is 1. The van der Waals surface area contributed by atoms with Gasteiger partial charge in [0.25, 0.3) is 0 Å². The first-order chi connectivity index (χ1) is 7.40. The molecule has 0 radical (unpaired) electrons. The normalized spacial score (nSPS) is 15.2. The molecule has 1 rings (SSSR count). The van der Waals surface area contributed by atoms with Crippen LogP contribution in [0.15, 0.2) is 18.2 Å². The number of alkyl halides is 1. The average Bonchev–Trinajstić information content (AvgIpc) is 2.11. The number of halogens is 3. The van der Waals surface area contributed by atoms with E-state index in [4.69, 9.17) is 11.6 Å². The molecule has 0 aliphatic rings. The molecule has 0 bridgehead atoms. The summed E-state index contributed by atoms with van der Waals surface area (Å²) >= 11 is 6.08. The van der Waals surface area contributed by atoms with Crippen molar-refractivity contribution in [2.45, 2.75) is 32.6 Å². The summed E-state index contributed by atoms with van der Waals surface area (Å²) in [6.07, 6.45) is 0.608. The summed E-state index contributed by atoms with van der Waals surface area (Å²) in [7, 11) is 0. The second-order valence-electron chi connectivity index (χ2n) is 4.57. The Hall–Kier alpha value is -0.630. The van der Waals surface area contributed by atoms with Crippen LogP contribution in [0, 0.1) is 23.5 Å². The van der Waals surface area contributed by atoms with Crippen LogP contribution in [0.5, 0.6) is 0 Å². The third kappa shape index (κ3) is 3.75. The maximum Gasteiger partial charge on any atom is 0.126 e. The van der Waals surface area contributed by atoms with E-state index in [1.165, 1.54) is 12.1 Å². The molecule has 0 aliphatic heterocycles. The molecule has 1 aromatic carbocycles. The van der Waals surface area contributed by atoms with Crippen molar-refractivity contribution in [3.05, 3.63) is 35.4 Å². The van der Waals surface area contributed by atoms with Gasteiger partial charge in [-0.05, 0) is 42.9 Å². The number of hydrogen-bond acceptors (Lipinski definition) is 0. The minimum Gasteiger partial charge on any atom is -0.207 e. The van der Waals surface area contributed by atoms with Gasteiger partial charge in [0, 0.05) is 11.4 Å². The maximum absolute atomic E-state index is 13.0. The van der Waals surface area contributed by atoms with Gasteiger partial charge in [-0.3, -0.25) is 0 Å². The van der Waals surface area contributed by atoms with Crippen LogP contribution in [0.4, 0.5) is 8.78 Å². The molecule has 0 nitrogen and oxygen atoms in total. The Bertz CT molecular complexity index is 320. The summed E-state index contributed by atoms with van der Waals surface area (Å²) in [6, 6.07) is 3.63. The number of hydrogen-bond donors (Lipinski definition) is 0. The molecule has 90 valence electrons. The van der Waals surface area contributed by atoms with Crippen LogP contribution < -0.4 is 0 Å². The lowest BCUT2D eigenvalue weighted by molar-refractivity contribution is 0.375.